The van der Waals surface area contributed by atoms with E-state index in [0.29, 0.717) is 5.92 Å². The minimum atomic E-state index is 0.0411. The first kappa shape index (κ1) is 10.0. The quantitative estimate of drug-likeness (QED) is 0.603. The first-order chi connectivity index (χ1) is 6.83. The molecule has 0 amide bonds. The number of carbonyl (C=O) groups excluding carboxylic acids is 1. The SMILES string of the molecule is COC(=O)C1CC[C@H]2CCCCC[C@H]12. The topological polar surface area (TPSA) is 26.3 Å². The van der Waals surface area contributed by atoms with Crippen molar-refractivity contribution in [2.24, 2.45) is 17.8 Å². The molecule has 2 aliphatic carbocycles. The smallest absolute Gasteiger partial charge is 0.308 e. The third-order valence-electron chi connectivity index (χ3n) is 4.09. The third-order valence-corrected chi connectivity index (χ3v) is 4.09. The third kappa shape index (κ3) is 1.79. The summed E-state index contributed by atoms with van der Waals surface area (Å²) in [5, 5.41) is 0. The molecule has 80 valence electrons. The van der Waals surface area contributed by atoms with Crippen LogP contribution in [0.5, 0.6) is 0 Å². The Labute approximate surface area is 86.0 Å². The van der Waals surface area contributed by atoms with Crippen LogP contribution in [0.4, 0.5) is 0 Å². The number of rotatable bonds is 1. The molecule has 0 aromatic rings. The number of ether oxygens (including phenoxy) is 1. The first-order valence-electron chi connectivity index (χ1n) is 5.90. The average molecular weight is 196 g/mol. The lowest BCUT2D eigenvalue weighted by atomic mass is 9.86. The lowest BCUT2D eigenvalue weighted by Gasteiger charge is -2.20. The van der Waals surface area contributed by atoms with Gasteiger partial charge < -0.3 is 4.74 Å². The van der Waals surface area contributed by atoms with Gasteiger partial charge in [-0.15, -0.1) is 0 Å². The van der Waals surface area contributed by atoms with Gasteiger partial charge in [-0.05, 0) is 31.1 Å². The number of hydrogen-bond donors (Lipinski definition) is 0. The molecule has 0 heterocycles. The van der Waals surface area contributed by atoms with Crippen molar-refractivity contribution in [3.63, 3.8) is 0 Å². The molecule has 2 rings (SSSR count). The fraction of sp³-hybridized carbons (Fsp3) is 0.917. The average Bonchev–Trinajstić information content (AvgIpc) is 2.46. The highest BCUT2D eigenvalue weighted by atomic mass is 16.5. The van der Waals surface area contributed by atoms with Crippen LogP contribution in [-0.4, -0.2) is 13.1 Å². The monoisotopic (exact) mass is 196 g/mol. The van der Waals surface area contributed by atoms with E-state index in [1.165, 1.54) is 45.6 Å². The number of methoxy groups -OCH3 is 1. The van der Waals surface area contributed by atoms with Crippen molar-refractivity contribution < 1.29 is 9.53 Å². The van der Waals surface area contributed by atoms with E-state index in [9.17, 15) is 4.79 Å². The second-order valence-electron chi connectivity index (χ2n) is 4.77. The van der Waals surface area contributed by atoms with E-state index in [-0.39, 0.29) is 11.9 Å². The summed E-state index contributed by atoms with van der Waals surface area (Å²) in [5.41, 5.74) is 0. The van der Waals surface area contributed by atoms with Gasteiger partial charge in [-0.2, -0.15) is 0 Å². The van der Waals surface area contributed by atoms with Crippen LogP contribution in [0.25, 0.3) is 0 Å². The number of hydrogen-bond acceptors (Lipinski definition) is 2. The van der Waals surface area contributed by atoms with Gasteiger partial charge in [0.2, 0.25) is 0 Å². The Morgan fingerprint density at radius 1 is 1.07 bits per heavy atom. The van der Waals surface area contributed by atoms with Crippen molar-refractivity contribution in [3.8, 4) is 0 Å². The summed E-state index contributed by atoms with van der Waals surface area (Å²) in [7, 11) is 1.52. The zero-order valence-electron chi connectivity index (χ0n) is 9.00. The maximum atomic E-state index is 11.6. The minimum Gasteiger partial charge on any atom is -0.469 e. The lowest BCUT2D eigenvalue weighted by Crippen LogP contribution is -2.22. The molecule has 0 aliphatic heterocycles. The molecular formula is C12H20O2. The van der Waals surface area contributed by atoms with E-state index in [1.54, 1.807) is 0 Å². The molecule has 2 fully saturated rings. The van der Waals surface area contributed by atoms with E-state index in [1.807, 2.05) is 0 Å². The Hall–Kier alpha value is -0.530. The summed E-state index contributed by atoms with van der Waals surface area (Å²) in [6, 6.07) is 0. The van der Waals surface area contributed by atoms with E-state index < -0.39 is 0 Å². The van der Waals surface area contributed by atoms with Gasteiger partial charge in [0.25, 0.3) is 0 Å². The summed E-state index contributed by atoms with van der Waals surface area (Å²) in [4.78, 5) is 11.6. The van der Waals surface area contributed by atoms with Crippen molar-refractivity contribution in [3.05, 3.63) is 0 Å². The van der Waals surface area contributed by atoms with Gasteiger partial charge in [0.1, 0.15) is 0 Å². The minimum absolute atomic E-state index is 0.0411. The number of fused-ring (bicyclic) bond motifs is 1. The molecule has 2 aliphatic rings. The summed E-state index contributed by atoms with van der Waals surface area (Å²) >= 11 is 0. The van der Waals surface area contributed by atoms with Crippen LogP contribution in [0, 0.1) is 17.8 Å². The van der Waals surface area contributed by atoms with Crippen LogP contribution in [0.1, 0.15) is 44.9 Å². The van der Waals surface area contributed by atoms with E-state index >= 15 is 0 Å². The van der Waals surface area contributed by atoms with Gasteiger partial charge in [0.15, 0.2) is 0 Å². The lowest BCUT2D eigenvalue weighted by molar-refractivity contribution is -0.147. The van der Waals surface area contributed by atoms with Crippen molar-refractivity contribution in [2.45, 2.75) is 44.9 Å². The number of esters is 1. The normalized spacial score (nSPS) is 37.4. The molecule has 0 aromatic heterocycles. The molecule has 0 bridgehead atoms. The predicted molar refractivity (Wildman–Crippen MR) is 54.8 cm³/mol. The first-order valence-corrected chi connectivity index (χ1v) is 5.90. The largest absolute Gasteiger partial charge is 0.469 e. The van der Waals surface area contributed by atoms with Crippen LogP contribution in [0.3, 0.4) is 0 Å². The maximum Gasteiger partial charge on any atom is 0.308 e. The highest BCUT2D eigenvalue weighted by Gasteiger charge is 2.40. The zero-order valence-corrected chi connectivity index (χ0v) is 9.00. The van der Waals surface area contributed by atoms with Crippen molar-refractivity contribution >= 4 is 5.97 Å². The van der Waals surface area contributed by atoms with E-state index in [4.69, 9.17) is 4.74 Å². The van der Waals surface area contributed by atoms with E-state index in [0.717, 1.165) is 12.3 Å². The molecule has 2 saturated carbocycles. The van der Waals surface area contributed by atoms with Crippen LogP contribution in [0.2, 0.25) is 0 Å². The second-order valence-corrected chi connectivity index (χ2v) is 4.77. The van der Waals surface area contributed by atoms with Crippen molar-refractivity contribution in [1.82, 2.24) is 0 Å². The Morgan fingerprint density at radius 2 is 1.86 bits per heavy atom. The number of carbonyl (C=O) groups is 1. The molecule has 1 unspecified atom stereocenters. The fourth-order valence-electron chi connectivity index (χ4n) is 3.35. The molecular weight excluding hydrogens is 176 g/mol. The maximum absolute atomic E-state index is 11.6. The highest BCUT2D eigenvalue weighted by molar-refractivity contribution is 5.73. The van der Waals surface area contributed by atoms with Crippen LogP contribution >= 0.6 is 0 Å². The summed E-state index contributed by atoms with van der Waals surface area (Å²) in [6.07, 6.45) is 8.97. The zero-order chi connectivity index (χ0) is 9.97. The molecule has 3 atom stereocenters. The molecule has 2 heteroatoms. The Morgan fingerprint density at radius 3 is 2.64 bits per heavy atom. The van der Waals surface area contributed by atoms with Crippen LogP contribution < -0.4 is 0 Å². The summed E-state index contributed by atoms with van der Waals surface area (Å²) in [6.45, 7) is 0. The molecule has 0 saturated heterocycles. The van der Waals surface area contributed by atoms with Gasteiger partial charge in [-0.3, -0.25) is 4.79 Å². The van der Waals surface area contributed by atoms with Crippen molar-refractivity contribution in [1.29, 1.82) is 0 Å². The van der Waals surface area contributed by atoms with Gasteiger partial charge in [-0.25, -0.2) is 0 Å². The van der Waals surface area contributed by atoms with Gasteiger partial charge in [0, 0.05) is 0 Å². The molecule has 2 nitrogen and oxygen atoms in total. The Bertz CT molecular complexity index is 212. The molecule has 0 aromatic carbocycles. The van der Waals surface area contributed by atoms with Crippen LogP contribution in [0.15, 0.2) is 0 Å². The van der Waals surface area contributed by atoms with Crippen LogP contribution in [-0.2, 0) is 9.53 Å². The standard InChI is InChI=1S/C12H20O2/c1-14-12(13)11-8-7-9-5-3-2-4-6-10(9)11/h9-11H,2-8H2,1H3/t9-,10+,11?/m1/s1. The summed E-state index contributed by atoms with van der Waals surface area (Å²) < 4.78 is 4.89. The molecule has 0 radical (unpaired) electrons. The molecule has 0 spiro atoms. The molecule has 0 N–H and O–H groups in total. The predicted octanol–water partition coefficient (Wildman–Crippen LogP) is 2.77. The Kier molecular flexibility index (Phi) is 3.09. The molecule has 14 heavy (non-hydrogen) atoms. The second kappa shape index (κ2) is 4.33. The van der Waals surface area contributed by atoms with Gasteiger partial charge in [-0.1, -0.05) is 25.7 Å². The van der Waals surface area contributed by atoms with Gasteiger partial charge >= 0.3 is 5.97 Å². The highest BCUT2D eigenvalue weighted by Crippen LogP contribution is 2.45. The summed E-state index contributed by atoms with van der Waals surface area (Å²) in [5.74, 6) is 1.73. The van der Waals surface area contributed by atoms with E-state index in [2.05, 4.69) is 0 Å². The van der Waals surface area contributed by atoms with Gasteiger partial charge in [0.05, 0.1) is 13.0 Å². The Balaban J connectivity index is 2.03. The van der Waals surface area contributed by atoms with Crippen molar-refractivity contribution in [2.75, 3.05) is 7.11 Å². The fourth-order valence-corrected chi connectivity index (χ4v) is 3.35.